The second kappa shape index (κ2) is 10.2. The first-order valence-electron chi connectivity index (χ1n) is 8.40. The maximum absolute atomic E-state index is 12.0. The highest BCUT2D eigenvalue weighted by molar-refractivity contribution is 7.43. The van der Waals surface area contributed by atoms with Crippen LogP contribution in [0.1, 0.15) is 18.4 Å². The molecule has 1 unspecified atom stereocenters. The highest BCUT2D eigenvalue weighted by Gasteiger charge is 2.09. The fourth-order valence-corrected chi connectivity index (χ4v) is 3.02. The Kier molecular flexibility index (Phi) is 8.00. The molecule has 1 amide bonds. The average molecular weight is 380 g/mol. The molecule has 5 N–H and O–H groups in total. The fraction of sp³-hybridized carbons (Fsp3) is 0.412. The number of carbonyl (C=O) groups excluding carboxylic acids is 2. The van der Waals surface area contributed by atoms with Crippen molar-refractivity contribution in [2.24, 2.45) is 5.50 Å². The molecule has 0 saturated heterocycles. The summed E-state index contributed by atoms with van der Waals surface area (Å²) >= 11 is 0. The number of hydrogen-bond acceptors (Lipinski definition) is 6. The molecule has 0 fully saturated rings. The first-order chi connectivity index (χ1) is 12.5. The summed E-state index contributed by atoms with van der Waals surface area (Å²) in [7, 11) is -0.0925. The number of nitrogens with zero attached hydrogens (tertiary/aromatic N) is 1. The highest BCUT2D eigenvalue weighted by atomic mass is 31.2. The van der Waals surface area contributed by atoms with Crippen molar-refractivity contribution in [3.8, 4) is 5.75 Å². The van der Waals surface area contributed by atoms with Crippen molar-refractivity contribution in [3.63, 3.8) is 0 Å². The van der Waals surface area contributed by atoms with Gasteiger partial charge in [0.2, 0.25) is 5.91 Å². The zero-order valence-corrected chi connectivity index (χ0v) is 15.7. The van der Waals surface area contributed by atoms with Crippen LogP contribution in [0.2, 0.25) is 0 Å². The molecule has 9 heteroatoms. The van der Waals surface area contributed by atoms with Gasteiger partial charge in [0.1, 0.15) is 12.0 Å². The summed E-state index contributed by atoms with van der Waals surface area (Å²) in [5.74, 6) is 0.465. The van der Waals surface area contributed by atoms with Crippen LogP contribution in [0, 0.1) is 0 Å². The lowest BCUT2D eigenvalue weighted by Gasteiger charge is -2.15. The number of rotatable bonds is 11. The Morgan fingerprint density at radius 3 is 3.04 bits per heavy atom. The molecule has 0 aliphatic carbocycles. The Morgan fingerprint density at radius 2 is 2.31 bits per heavy atom. The Hall–Kier alpha value is -1.99. The van der Waals surface area contributed by atoms with E-state index in [1.807, 2.05) is 30.3 Å². The molecule has 2 aromatic rings. The molecule has 0 aliphatic heterocycles. The van der Waals surface area contributed by atoms with Crippen molar-refractivity contribution >= 4 is 31.6 Å². The minimum absolute atomic E-state index is 0.0449. The van der Waals surface area contributed by atoms with Gasteiger partial charge in [0.25, 0.3) is 0 Å². The summed E-state index contributed by atoms with van der Waals surface area (Å²) in [5.41, 5.74) is 7.29. The van der Waals surface area contributed by atoms with Crippen LogP contribution in [0.15, 0.2) is 24.4 Å². The van der Waals surface area contributed by atoms with Gasteiger partial charge in [-0.3, -0.25) is 15.2 Å². The number of aromatic nitrogens is 1. The quantitative estimate of drug-likeness (QED) is 0.265. The van der Waals surface area contributed by atoms with E-state index in [-0.39, 0.29) is 5.91 Å². The van der Waals surface area contributed by atoms with Gasteiger partial charge in [0, 0.05) is 30.1 Å². The monoisotopic (exact) mass is 380 g/mol. The van der Waals surface area contributed by atoms with E-state index in [2.05, 4.69) is 10.3 Å². The van der Waals surface area contributed by atoms with Gasteiger partial charge in [-0.05, 0) is 50.2 Å². The van der Waals surface area contributed by atoms with E-state index in [0.29, 0.717) is 38.2 Å². The molecule has 0 saturated carbocycles. The summed E-state index contributed by atoms with van der Waals surface area (Å²) in [6.07, 6.45) is 4.73. The van der Waals surface area contributed by atoms with Gasteiger partial charge in [0.15, 0.2) is 0 Å². The van der Waals surface area contributed by atoms with Crippen LogP contribution in [0.4, 0.5) is 0 Å². The molecule has 1 heterocycles. The number of hydrogen-bond donors (Lipinski definition) is 4. The normalized spacial score (nSPS) is 12.3. The van der Waals surface area contributed by atoms with Crippen molar-refractivity contribution in [3.05, 3.63) is 30.0 Å². The number of aldehydes is 1. The first-order valence-corrected chi connectivity index (χ1v) is 9.68. The molecular formula is C17H25N4O4P. The van der Waals surface area contributed by atoms with Crippen molar-refractivity contribution in [2.75, 3.05) is 26.7 Å². The second-order valence-corrected chi connectivity index (χ2v) is 6.85. The number of aromatic amines is 1. The molecule has 2 rings (SSSR count). The van der Waals surface area contributed by atoms with E-state index < -0.39 is 8.53 Å². The van der Waals surface area contributed by atoms with Gasteiger partial charge in [-0.25, -0.2) is 0 Å². The number of benzene rings is 1. The van der Waals surface area contributed by atoms with Crippen molar-refractivity contribution in [2.45, 2.75) is 19.3 Å². The van der Waals surface area contributed by atoms with E-state index in [0.717, 1.165) is 29.2 Å². The zero-order valence-electron chi connectivity index (χ0n) is 14.8. The molecule has 26 heavy (non-hydrogen) atoms. The average Bonchev–Trinajstić information content (AvgIpc) is 2.97. The molecule has 1 aromatic heterocycles. The third-order valence-electron chi connectivity index (χ3n) is 3.93. The molecule has 1 atom stereocenters. The van der Waals surface area contributed by atoms with Gasteiger partial charge >= 0.3 is 8.53 Å². The number of nitrogens with two attached hydrogens (primary N) is 1. The van der Waals surface area contributed by atoms with E-state index in [1.165, 1.54) is 0 Å². The van der Waals surface area contributed by atoms with Crippen LogP contribution >= 0.6 is 8.53 Å². The van der Waals surface area contributed by atoms with Crippen molar-refractivity contribution < 1.29 is 19.0 Å². The lowest BCUT2D eigenvalue weighted by atomic mass is 10.1. The van der Waals surface area contributed by atoms with Crippen LogP contribution in [-0.2, 0) is 16.0 Å². The maximum Gasteiger partial charge on any atom is 0.312 e. The maximum atomic E-state index is 12.0. The summed E-state index contributed by atoms with van der Waals surface area (Å²) < 4.78 is 5.16. The van der Waals surface area contributed by atoms with Crippen LogP contribution in [0.25, 0.3) is 10.9 Å². The number of unbranched alkanes of at least 4 members (excludes halogenated alkanes) is 1. The van der Waals surface area contributed by atoms with E-state index >= 15 is 0 Å². The van der Waals surface area contributed by atoms with Crippen LogP contribution in [-0.4, -0.2) is 53.7 Å². The molecule has 142 valence electrons. The number of likely N-dealkylation sites (N-methyl/N-ethyl adjacent to an activating group) is 1. The molecule has 0 aliphatic rings. The Morgan fingerprint density at radius 1 is 1.50 bits per heavy atom. The number of amides is 1. The first kappa shape index (κ1) is 20.3. The second-order valence-electron chi connectivity index (χ2n) is 6.06. The summed E-state index contributed by atoms with van der Waals surface area (Å²) in [4.78, 5) is 36.5. The largest absolute Gasteiger partial charge is 0.436 e. The van der Waals surface area contributed by atoms with Gasteiger partial charge in [-0.15, -0.1) is 0 Å². The third kappa shape index (κ3) is 6.38. The number of fused-ring (bicyclic) bond motifs is 1. The summed E-state index contributed by atoms with van der Waals surface area (Å²) in [6, 6.07) is 5.42. The zero-order chi connectivity index (χ0) is 18.9. The smallest absolute Gasteiger partial charge is 0.312 e. The summed E-state index contributed by atoms with van der Waals surface area (Å²) in [5, 5.41) is 3.87. The molecule has 8 nitrogen and oxygen atoms in total. The highest BCUT2D eigenvalue weighted by Crippen LogP contribution is 2.30. The van der Waals surface area contributed by atoms with Gasteiger partial charge in [0.05, 0.1) is 6.54 Å². The standard InChI is InChI=1S/C17H25N4O4P/c1-21(8-2-3-9-22)12-17(23)19-7-6-13-11-20-16-5-4-14(10-15(13)16)25-26(18)24/h4-5,9-11,20,24H,2-3,6-8,12,18H2,1H3,(H,19,23). The van der Waals surface area contributed by atoms with Crippen LogP contribution in [0.5, 0.6) is 5.75 Å². The van der Waals surface area contributed by atoms with Crippen molar-refractivity contribution in [1.82, 2.24) is 15.2 Å². The molecule has 0 radical (unpaired) electrons. The third-order valence-corrected chi connectivity index (χ3v) is 4.33. The molecule has 0 bridgehead atoms. The summed E-state index contributed by atoms with van der Waals surface area (Å²) in [6.45, 7) is 1.54. The molecular weight excluding hydrogens is 355 g/mol. The Labute approximate surface area is 153 Å². The van der Waals surface area contributed by atoms with E-state index in [9.17, 15) is 14.5 Å². The van der Waals surface area contributed by atoms with Crippen molar-refractivity contribution in [1.29, 1.82) is 0 Å². The predicted molar refractivity (Wildman–Crippen MR) is 102 cm³/mol. The van der Waals surface area contributed by atoms with E-state index in [4.69, 9.17) is 10.0 Å². The predicted octanol–water partition coefficient (Wildman–Crippen LogP) is 1.29. The number of carbonyl (C=O) groups is 2. The minimum Gasteiger partial charge on any atom is -0.436 e. The lowest BCUT2D eigenvalue weighted by molar-refractivity contribution is -0.121. The topological polar surface area (TPSA) is 121 Å². The van der Waals surface area contributed by atoms with Gasteiger partial charge < -0.3 is 24.5 Å². The van der Waals surface area contributed by atoms with E-state index in [1.54, 1.807) is 6.07 Å². The van der Waals surface area contributed by atoms with Crippen LogP contribution in [0.3, 0.4) is 0 Å². The SMILES string of the molecule is CN(CCCC=O)CC(=O)NCCc1c[nH]c2ccc(OP(N)O)cc12. The number of H-pyrrole nitrogens is 1. The van der Waals surface area contributed by atoms with Gasteiger partial charge in [-0.1, -0.05) is 0 Å². The lowest BCUT2D eigenvalue weighted by Crippen LogP contribution is -2.36. The molecule has 0 spiro atoms. The van der Waals surface area contributed by atoms with Gasteiger partial charge in [-0.2, -0.15) is 0 Å². The fourth-order valence-electron chi connectivity index (χ4n) is 2.69. The number of nitrogens with one attached hydrogen (secondary N) is 2. The minimum atomic E-state index is -1.95. The Bertz CT molecular complexity index is 735. The molecule has 1 aromatic carbocycles. The van der Waals surface area contributed by atoms with Crippen LogP contribution < -0.4 is 15.3 Å². The Balaban J connectivity index is 1.83.